The van der Waals surface area contributed by atoms with Crippen LogP contribution in [-0.4, -0.2) is 24.4 Å². The predicted octanol–water partition coefficient (Wildman–Crippen LogP) is 4.25. The van der Waals surface area contributed by atoms with Gasteiger partial charge in [-0.1, -0.05) is 32.4 Å². The number of rotatable bonds is 5. The van der Waals surface area contributed by atoms with Gasteiger partial charge >= 0.3 is 0 Å². The Morgan fingerprint density at radius 3 is 2.52 bits per heavy atom. The number of H-pyrrole nitrogens is 1. The highest BCUT2D eigenvalue weighted by Crippen LogP contribution is 2.17. The Balaban J connectivity index is 0.000000713. The van der Waals surface area contributed by atoms with Crippen LogP contribution in [0.4, 0.5) is 0 Å². The van der Waals surface area contributed by atoms with Crippen molar-refractivity contribution in [2.75, 3.05) is 13.1 Å². The van der Waals surface area contributed by atoms with E-state index in [9.17, 15) is 0 Å². The van der Waals surface area contributed by atoms with E-state index in [1.165, 1.54) is 35.5 Å². The molecule has 0 spiro atoms. The highest BCUT2D eigenvalue weighted by atomic mass is 16.1. The molecule has 0 atom stereocenters. The number of fused-ring (bicyclic) bond motifs is 1. The summed E-state index contributed by atoms with van der Waals surface area (Å²) in [6.07, 6.45) is 3.07. The summed E-state index contributed by atoms with van der Waals surface area (Å²) >= 11 is 0. The number of aromatic amines is 1. The second kappa shape index (κ2) is 12.2. The van der Waals surface area contributed by atoms with E-state index >= 15 is 0 Å². The number of nitrogens with one attached hydrogen (secondary N) is 2. The highest BCUT2D eigenvalue weighted by molar-refractivity contribution is 5.81. The first-order chi connectivity index (χ1) is 10.2. The van der Waals surface area contributed by atoms with Crippen LogP contribution in [0.15, 0.2) is 24.3 Å². The molecule has 1 aromatic carbocycles. The van der Waals surface area contributed by atoms with Gasteiger partial charge in [0.2, 0.25) is 0 Å². The number of carbonyl (C=O) groups is 1. The molecule has 0 saturated carbocycles. The van der Waals surface area contributed by atoms with E-state index < -0.39 is 0 Å². The molecule has 0 radical (unpaired) electrons. The molecule has 2 rings (SSSR count). The molecule has 0 aliphatic heterocycles. The maximum atomic E-state index is 8.81. The van der Waals surface area contributed by atoms with Gasteiger partial charge in [-0.05, 0) is 63.4 Å². The lowest BCUT2D eigenvalue weighted by molar-refractivity contribution is -0.106. The molecule has 1 aromatic heterocycles. The summed E-state index contributed by atoms with van der Waals surface area (Å²) in [5.41, 5.74) is 3.92. The third-order valence-corrected chi connectivity index (χ3v) is 2.88. The largest absolute Gasteiger partial charge is 0.358 e. The summed E-state index contributed by atoms with van der Waals surface area (Å²) in [5.74, 6) is 0. The van der Waals surface area contributed by atoms with E-state index in [1.807, 2.05) is 13.8 Å². The van der Waals surface area contributed by atoms with Gasteiger partial charge in [0.1, 0.15) is 6.29 Å². The molecule has 0 aliphatic carbocycles. The lowest BCUT2D eigenvalue weighted by Gasteiger charge is -1.99. The van der Waals surface area contributed by atoms with Crippen LogP contribution in [0.2, 0.25) is 0 Å². The van der Waals surface area contributed by atoms with Crippen molar-refractivity contribution in [2.24, 2.45) is 0 Å². The van der Waals surface area contributed by atoms with Gasteiger partial charge in [-0.25, -0.2) is 0 Å². The van der Waals surface area contributed by atoms with Crippen LogP contribution in [0.1, 0.15) is 45.4 Å². The Morgan fingerprint density at radius 1 is 1.24 bits per heavy atom. The Kier molecular flexibility index (Phi) is 11.2. The molecule has 2 N–H and O–H groups in total. The van der Waals surface area contributed by atoms with Crippen LogP contribution in [0.5, 0.6) is 0 Å². The Labute approximate surface area is 129 Å². The highest BCUT2D eigenvalue weighted by Gasteiger charge is 2.00. The van der Waals surface area contributed by atoms with Crippen molar-refractivity contribution < 1.29 is 4.79 Å². The van der Waals surface area contributed by atoms with Crippen molar-refractivity contribution in [1.82, 2.24) is 10.3 Å². The summed E-state index contributed by atoms with van der Waals surface area (Å²) in [6.45, 7) is 11.9. The molecule has 1 heterocycles. The molecular formula is C18H30N2O. The van der Waals surface area contributed by atoms with Crippen molar-refractivity contribution in [3.8, 4) is 0 Å². The Morgan fingerprint density at radius 2 is 1.90 bits per heavy atom. The predicted molar refractivity (Wildman–Crippen MR) is 93.0 cm³/mol. The van der Waals surface area contributed by atoms with Crippen molar-refractivity contribution >= 4 is 17.2 Å². The van der Waals surface area contributed by atoms with E-state index in [-0.39, 0.29) is 0 Å². The second-order valence-electron chi connectivity index (χ2n) is 4.58. The minimum atomic E-state index is 0.750. The van der Waals surface area contributed by atoms with Crippen molar-refractivity contribution in [1.29, 1.82) is 0 Å². The maximum absolute atomic E-state index is 8.81. The molecule has 3 heteroatoms. The van der Waals surface area contributed by atoms with Gasteiger partial charge in [0, 0.05) is 11.2 Å². The van der Waals surface area contributed by atoms with Gasteiger partial charge in [-0.3, -0.25) is 0 Å². The summed E-state index contributed by atoms with van der Waals surface area (Å²) in [4.78, 5) is 12.3. The van der Waals surface area contributed by atoms with Crippen LogP contribution in [0, 0.1) is 6.92 Å². The van der Waals surface area contributed by atoms with Gasteiger partial charge in [0.05, 0.1) is 0 Å². The molecule has 21 heavy (non-hydrogen) atoms. The topological polar surface area (TPSA) is 44.9 Å². The smallest absolute Gasteiger partial charge is 0.116 e. The first kappa shape index (κ1) is 19.4. The minimum Gasteiger partial charge on any atom is -0.358 e. The molecule has 0 saturated heterocycles. The normalized spacial score (nSPS) is 9.38. The van der Waals surface area contributed by atoms with Crippen molar-refractivity contribution in [2.45, 2.75) is 47.5 Å². The lowest BCUT2D eigenvalue weighted by atomic mass is 10.1. The first-order valence-electron chi connectivity index (χ1n) is 7.90. The molecule has 2 aromatic rings. The van der Waals surface area contributed by atoms with Gasteiger partial charge in [-0.2, -0.15) is 0 Å². The molecule has 0 amide bonds. The van der Waals surface area contributed by atoms with E-state index in [1.54, 1.807) is 0 Å². The molecule has 0 unspecified atom stereocenters. The zero-order valence-corrected chi connectivity index (χ0v) is 14.1. The fourth-order valence-electron chi connectivity index (χ4n) is 2.03. The van der Waals surface area contributed by atoms with Gasteiger partial charge in [0.25, 0.3) is 0 Å². The number of aryl methyl sites for hydroxylation is 2. The standard InChI is InChI=1S/C14H20N2.C2H4O.C2H6/c1-3-15-8-4-5-13-10-12-9-11(2)6-7-14(12)16-13;1-2-3;1-2/h6-7,9-10,15-16H,3-5,8H2,1-2H3;2H,1H3;1-2H3. The van der Waals surface area contributed by atoms with Gasteiger partial charge in [-0.15, -0.1) is 0 Å². The zero-order valence-electron chi connectivity index (χ0n) is 14.1. The second-order valence-corrected chi connectivity index (χ2v) is 4.58. The van der Waals surface area contributed by atoms with E-state index in [0.717, 1.165) is 25.8 Å². The zero-order chi connectivity index (χ0) is 16.1. The number of hydrogen-bond donors (Lipinski definition) is 2. The third-order valence-electron chi connectivity index (χ3n) is 2.88. The average molecular weight is 290 g/mol. The van der Waals surface area contributed by atoms with Crippen LogP contribution < -0.4 is 5.32 Å². The van der Waals surface area contributed by atoms with Gasteiger partial charge < -0.3 is 15.1 Å². The van der Waals surface area contributed by atoms with E-state index in [0.29, 0.717) is 0 Å². The van der Waals surface area contributed by atoms with Crippen LogP contribution in [-0.2, 0) is 11.2 Å². The first-order valence-corrected chi connectivity index (χ1v) is 7.90. The number of benzene rings is 1. The third kappa shape index (κ3) is 7.66. The SMILES string of the molecule is CC.CC=O.CCNCCCc1cc2cc(C)ccc2[nH]1. The van der Waals surface area contributed by atoms with Gasteiger partial charge in [0.15, 0.2) is 0 Å². The quantitative estimate of drug-likeness (QED) is 0.638. The minimum absolute atomic E-state index is 0.750. The number of carbonyl (C=O) groups excluding carboxylic acids is 1. The number of hydrogen-bond acceptors (Lipinski definition) is 2. The van der Waals surface area contributed by atoms with E-state index in [2.05, 4.69) is 48.4 Å². The summed E-state index contributed by atoms with van der Waals surface area (Å²) in [6, 6.07) is 8.83. The summed E-state index contributed by atoms with van der Waals surface area (Å²) < 4.78 is 0. The Hall–Kier alpha value is -1.61. The summed E-state index contributed by atoms with van der Waals surface area (Å²) in [7, 11) is 0. The molecule has 3 nitrogen and oxygen atoms in total. The lowest BCUT2D eigenvalue weighted by Crippen LogP contribution is -2.14. The average Bonchev–Trinajstić information content (AvgIpc) is 2.88. The van der Waals surface area contributed by atoms with Crippen molar-refractivity contribution in [3.63, 3.8) is 0 Å². The van der Waals surface area contributed by atoms with E-state index in [4.69, 9.17) is 4.79 Å². The maximum Gasteiger partial charge on any atom is 0.116 e. The van der Waals surface area contributed by atoms with Crippen molar-refractivity contribution in [3.05, 3.63) is 35.5 Å². The van der Waals surface area contributed by atoms with Crippen LogP contribution in [0.3, 0.4) is 0 Å². The fourth-order valence-corrected chi connectivity index (χ4v) is 2.03. The molecule has 0 fully saturated rings. The number of aldehydes is 1. The molecule has 0 aliphatic rings. The Bertz CT molecular complexity index is 503. The van der Waals surface area contributed by atoms with Crippen LogP contribution in [0.25, 0.3) is 10.9 Å². The van der Waals surface area contributed by atoms with Crippen LogP contribution >= 0.6 is 0 Å². The fraction of sp³-hybridized carbons (Fsp3) is 0.500. The molecule has 118 valence electrons. The molecular weight excluding hydrogens is 260 g/mol. The monoisotopic (exact) mass is 290 g/mol. The molecule has 0 bridgehead atoms. The summed E-state index contributed by atoms with van der Waals surface area (Å²) in [5, 5.41) is 4.68. The number of aromatic nitrogens is 1.